The molecule has 5 heteroatoms. The van der Waals surface area contributed by atoms with Gasteiger partial charge in [-0.05, 0) is 18.2 Å². The van der Waals surface area contributed by atoms with E-state index < -0.39 is 0 Å². The van der Waals surface area contributed by atoms with Crippen molar-refractivity contribution in [2.45, 2.75) is 6.10 Å². The fourth-order valence-electron chi connectivity index (χ4n) is 3.88. The van der Waals surface area contributed by atoms with Gasteiger partial charge in [0.2, 0.25) is 0 Å². The second kappa shape index (κ2) is 6.12. The molecule has 0 amide bonds. The number of fused-ring (bicyclic) bond motifs is 4. The van der Waals surface area contributed by atoms with Crippen LogP contribution in [-0.2, 0) is 9.47 Å². The van der Waals surface area contributed by atoms with Gasteiger partial charge in [-0.25, -0.2) is 0 Å². The second-order valence-electron chi connectivity index (χ2n) is 6.93. The first kappa shape index (κ1) is 15.7. The minimum absolute atomic E-state index is 0.194. The quantitative estimate of drug-likeness (QED) is 0.483. The van der Waals surface area contributed by atoms with E-state index in [1.54, 1.807) is 0 Å². The van der Waals surface area contributed by atoms with Gasteiger partial charge in [0.05, 0.1) is 17.6 Å². The summed E-state index contributed by atoms with van der Waals surface area (Å²) >= 11 is 0. The predicted molar refractivity (Wildman–Crippen MR) is 107 cm³/mol. The summed E-state index contributed by atoms with van der Waals surface area (Å²) in [6.07, 6.45) is 0.233. The third-order valence-electron chi connectivity index (χ3n) is 5.24. The molecule has 1 unspecified atom stereocenters. The molecule has 2 aromatic heterocycles. The number of benzene rings is 3. The van der Waals surface area contributed by atoms with Crippen LogP contribution in [0.15, 0.2) is 72.8 Å². The number of nitrogens with one attached hydrogen (secondary N) is 1. The van der Waals surface area contributed by atoms with Gasteiger partial charge in [-0.2, -0.15) is 5.10 Å². The minimum Gasteiger partial charge on any atom is -0.354 e. The molecule has 135 valence electrons. The Hall–Kier alpha value is -3.28. The van der Waals surface area contributed by atoms with Crippen LogP contribution in [-0.4, -0.2) is 21.8 Å². The normalized spacial score (nSPS) is 17.8. The number of para-hydroxylation sites is 2. The summed E-state index contributed by atoms with van der Waals surface area (Å²) in [5.41, 5.74) is 4.75. The zero-order valence-electron chi connectivity index (χ0n) is 14.9. The number of nitrogens with zero attached hydrogens (tertiary/aromatic N) is 2. The highest BCUT2D eigenvalue weighted by atomic mass is 16.7. The Morgan fingerprint density at radius 2 is 1.71 bits per heavy atom. The van der Waals surface area contributed by atoms with Gasteiger partial charge in [0.25, 0.3) is 6.29 Å². The minimum atomic E-state index is -0.194. The fraction of sp³-hybridized carbons (Fsp3) is 0.0870. The SMILES string of the molecule is c1ccc2nnc([C]3OCC(c4cccc5c4[nH]c4ccccc45)O3)cc2c1. The summed E-state index contributed by atoms with van der Waals surface area (Å²) in [5, 5.41) is 11.9. The lowest BCUT2D eigenvalue weighted by atomic mass is 10.1. The molecule has 28 heavy (non-hydrogen) atoms. The maximum atomic E-state index is 6.16. The van der Waals surface area contributed by atoms with Gasteiger partial charge in [-0.1, -0.05) is 54.6 Å². The molecule has 1 aliphatic rings. The van der Waals surface area contributed by atoms with Gasteiger partial charge in [0.1, 0.15) is 11.8 Å². The number of H-pyrrole nitrogens is 1. The zero-order valence-corrected chi connectivity index (χ0v) is 14.9. The third kappa shape index (κ3) is 2.41. The molecule has 5 nitrogen and oxygen atoms in total. The molecule has 0 saturated carbocycles. The van der Waals surface area contributed by atoms with Crippen LogP contribution in [0.3, 0.4) is 0 Å². The average molecular weight is 366 g/mol. The van der Waals surface area contributed by atoms with Crippen molar-refractivity contribution in [2.24, 2.45) is 0 Å². The maximum absolute atomic E-state index is 6.16. The van der Waals surface area contributed by atoms with E-state index in [1.807, 2.05) is 36.4 Å². The number of aromatic nitrogens is 3. The van der Waals surface area contributed by atoms with E-state index in [1.165, 1.54) is 10.8 Å². The summed E-state index contributed by atoms with van der Waals surface area (Å²) in [7, 11) is 0. The van der Waals surface area contributed by atoms with Gasteiger partial charge >= 0.3 is 0 Å². The van der Waals surface area contributed by atoms with Gasteiger partial charge in [0.15, 0.2) is 0 Å². The fourth-order valence-corrected chi connectivity index (χ4v) is 3.88. The van der Waals surface area contributed by atoms with Crippen LogP contribution in [0, 0.1) is 6.29 Å². The molecule has 1 saturated heterocycles. The van der Waals surface area contributed by atoms with E-state index in [9.17, 15) is 0 Å². The lowest BCUT2D eigenvalue weighted by Crippen LogP contribution is -2.05. The van der Waals surface area contributed by atoms with E-state index in [4.69, 9.17) is 9.47 Å². The first-order valence-electron chi connectivity index (χ1n) is 9.25. The Morgan fingerprint density at radius 3 is 2.71 bits per heavy atom. The number of aromatic amines is 1. The third-order valence-corrected chi connectivity index (χ3v) is 5.24. The van der Waals surface area contributed by atoms with Crippen LogP contribution in [0.2, 0.25) is 0 Å². The predicted octanol–water partition coefficient (Wildman–Crippen LogP) is 4.89. The second-order valence-corrected chi connectivity index (χ2v) is 6.93. The molecule has 3 aromatic carbocycles. The maximum Gasteiger partial charge on any atom is 0.277 e. The summed E-state index contributed by atoms with van der Waals surface area (Å²) in [6, 6.07) is 24.4. The zero-order chi connectivity index (χ0) is 18.5. The topological polar surface area (TPSA) is 60.0 Å². The lowest BCUT2D eigenvalue weighted by molar-refractivity contribution is 0.0727. The number of rotatable bonds is 2. The first-order chi connectivity index (χ1) is 13.9. The molecule has 1 N–H and O–H groups in total. The first-order valence-corrected chi connectivity index (χ1v) is 9.25. The molecule has 0 bridgehead atoms. The highest BCUT2D eigenvalue weighted by Gasteiger charge is 2.33. The Balaban J connectivity index is 1.37. The van der Waals surface area contributed by atoms with Gasteiger partial charge in [0, 0.05) is 27.2 Å². The van der Waals surface area contributed by atoms with Crippen molar-refractivity contribution < 1.29 is 9.47 Å². The molecule has 1 atom stereocenters. The van der Waals surface area contributed by atoms with Crippen molar-refractivity contribution in [1.82, 2.24) is 15.2 Å². The largest absolute Gasteiger partial charge is 0.354 e. The summed E-state index contributed by atoms with van der Waals surface area (Å²) < 4.78 is 12.0. The van der Waals surface area contributed by atoms with Crippen molar-refractivity contribution in [2.75, 3.05) is 6.61 Å². The Morgan fingerprint density at radius 1 is 0.857 bits per heavy atom. The van der Waals surface area contributed by atoms with Crippen LogP contribution >= 0.6 is 0 Å². The smallest absolute Gasteiger partial charge is 0.277 e. The molecule has 3 heterocycles. The molecular weight excluding hydrogens is 350 g/mol. The molecule has 1 aliphatic heterocycles. The van der Waals surface area contributed by atoms with Crippen LogP contribution in [0.5, 0.6) is 0 Å². The van der Waals surface area contributed by atoms with Crippen LogP contribution in [0.1, 0.15) is 17.4 Å². The van der Waals surface area contributed by atoms with Crippen molar-refractivity contribution in [3.05, 3.63) is 90.3 Å². The van der Waals surface area contributed by atoms with Crippen molar-refractivity contribution in [1.29, 1.82) is 0 Å². The molecule has 0 aliphatic carbocycles. The highest BCUT2D eigenvalue weighted by Crippen LogP contribution is 2.38. The van der Waals surface area contributed by atoms with E-state index >= 15 is 0 Å². The molecule has 0 spiro atoms. The van der Waals surface area contributed by atoms with E-state index in [-0.39, 0.29) is 6.10 Å². The Kier molecular flexibility index (Phi) is 3.44. The molecule has 5 aromatic rings. The standard InChI is InChI=1S/C23H16N3O2/c1-3-10-18-14(6-1)12-20(26-25-18)23-27-13-21(28-23)17-9-5-8-16-15-7-2-4-11-19(15)24-22(16)17/h1-12,21,24H,13H2. The number of ether oxygens (including phenoxy) is 2. The number of hydrogen-bond donors (Lipinski definition) is 1. The van der Waals surface area contributed by atoms with Gasteiger partial charge < -0.3 is 14.5 Å². The summed E-state index contributed by atoms with van der Waals surface area (Å²) in [5.74, 6) is 0. The average Bonchev–Trinajstić information content (AvgIpc) is 3.38. The highest BCUT2D eigenvalue weighted by molar-refractivity contribution is 6.08. The van der Waals surface area contributed by atoms with E-state index in [0.29, 0.717) is 18.6 Å². The molecule has 1 fully saturated rings. The summed E-state index contributed by atoms with van der Waals surface area (Å²) in [6.45, 7) is 0.443. The lowest BCUT2D eigenvalue weighted by Gasteiger charge is -2.11. The van der Waals surface area contributed by atoms with Crippen LogP contribution < -0.4 is 0 Å². The molecule has 6 rings (SSSR count). The van der Waals surface area contributed by atoms with Gasteiger partial charge in [-0.15, -0.1) is 5.10 Å². The van der Waals surface area contributed by atoms with Gasteiger partial charge in [-0.3, -0.25) is 0 Å². The van der Waals surface area contributed by atoms with Crippen molar-refractivity contribution in [3.63, 3.8) is 0 Å². The Labute approximate surface area is 160 Å². The van der Waals surface area contributed by atoms with Crippen molar-refractivity contribution in [3.8, 4) is 0 Å². The van der Waals surface area contributed by atoms with E-state index in [0.717, 1.165) is 27.5 Å². The molecular formula is C23H16N3O2. The van der Waals surface area contributed by atoms with Crippen LogP contribution in [0.4, 0.5) is 0 Å². The monoisotopic (exact) mass is 366 g/mol. The van der Waals surface area contributed by atoms with Crippen LogP contribution in [0.25, 0.3) is 32.7 Å². The Bertz CT molecular complexity index is 1330. The summed E-state index contributed by atoms with van der Waals surface area (Å²) in [4.78, 5) is 3.53. The van der Waals surface area contributed by atoms with E-state index in [2.05, 4.69) is 51.6 Å². The number of hydrogen-bond acceptors (Lipinski definition) is 4. The molecule has 1 radical (unpaired) electrons. The van der Waals surface area contributed by atoms with Crippen molar-refractivity contribution >= 4 is 32.7 Å².